The van der Waals surface area contributed by atoms with Crippen LogP contribution in [0.25, 0.3) is 10.9 Å². The number of anilines is 1. The molecule has 0 spiro atoms. The van der Waals surface area contributed by atoms with Crippen LogP contribution in [0.1, 0.15) is 23.2 Å². The summed E-state index contributed by atoms with van der Waals surface area (Å²) in [6.45, 7) is 4.51. The van der Waals surface area contributed by atoms with Gasteiger partial charge in [0, 0.05) is 49.9 Å². The zero-order valence-electron chi connectivity index (χ0n) is 18.7. The van der Waals surface area contributed by atoms with Gasteiger partial charge in [-0.1, -0.05) is 18.2 Å². The van der Waals surface area contributed by atoms with Crippen molar-refractivity contribution in [1.82, 2.24) is 14.8 Å². The third kappa shape index (κ3) is 4.93. The minimum absolute atomic E-state index is 0.00491. The number of rotatable bonds is 7. The largest absolute Gasteiger partial charge is 0.588 e. The summed E-state index contributed by atoms with van der Waals surface area (Å²) in [5.74, 6) is 1.35. The topological polar surface area (TPSA) is 80.8 Å². The van der Waals surface area contributed by atoms with E-state index in [0.29, 0.717) is 27.4 Å². The lowest BCUT2D eigenvalue weighted by Crippen LogP contribution is -2.49. The highest BCUT2D eigenvalue weighted by Crippen LogP contribution is 2.31. The number of carbonyl (C=O) groups is 1. The van der Waals surface area contributed by atoms with Gasteiger partial charge in [0.05, 0.1) is 7.11 Å². The van der Waals surface area contributed by atoms with Gasteiger partial charge >= 0.3 is 0 Å². The number of benzene rings is 2. The molecule has 33 heavy (non-hydrogen) atoms. The summed E-state index contributed by atoms with van der Waals surface area (Å²) in [5.41, 5.74) is 1.83. The molecule has 1 saturated heterocycles. The lowest BCUT2D eigenvalue weighted by Gasteiger charge is -2.34. The van der Waals surface area contributed by atoms with Crippen molar-refractivity contribution in [3.8, 4) is 5.75 Å². The molecule has 8 heteroatoms. The van der Waals surface area contributed by atoms with Gasteiger partial charge in [0.25, 0.3) is 5.91 Å². The van der Waals surface area contributed by atoms with Crippen molar-refractivity contribution in [2.75, 3.05) is 44.6 Å². The van der Waals surface area contributed by atoms with E-state index in [0.717, 1.165) is 37.5 Å². The summed E-state index contributed by atoms with van der Waals surface area (Å²) in [5, 5.41) is 0.926. The Morgan fingerprint density at radius 3 is 2.70 bits per heavy atom. The standard InChI is InChI=1S/C25H28N4O3S/c1-32-22-16-20(25(30)29-14-12-28(13-15-29)17-18-7-8-18)9-10-21(22)27-33(31)23-6-2-4-19-5-3-11-26-24(19)23/h2-6,9-11,16,18,27H,7-8,12-15,17H2,1H3. The van der Waals surface area contributed by atoms with Crippen LogP contribution in [0.3, 0.4) is 0 Å². The van der Waals surface area contributed by atoms with Gasteiger partial charge in [0.1, 0.15) is 28.3 Å². The van der Waals surface area contributed by atoms with Gasteiger partial charge in [0.2, 0.25) is 4.90 Å². The molecule has 2 fully saturated rings. The number of nitrogens with one attached hydrogen (secondary N) is 1. The van der Waals surface area contributed by atoms with E-state index in [-0.39, 0.29) is 5.91 Å². The van der Waals surface area contributed by atoms with Crippen LogP contribution in [0.2, 0.25) is 0 Å². The zero-order chi connectivity index (χ0) is 22.8. The Labute approximate surface area is 197 Å². The van der Waals surface area contributed by atoms with Gasteiger partial charge in [-0.3, -0.25) is 14.7 Å². The molecule has 1 aromatic heterocycles. The van der Waals surface area contributed by atoms with Gasteiger partial charge < -0.3 is 14.2 Å². The number of pyridine rings is 1. The maximum Gasteiger partial charge on any atom is 0.254 e. The van der Waals surface area contributed by atoms with Crippen molar-refractivity contribution in [1.29, 1.82) is 0 Å². The summed E-state index contributed by atoms with van der Waals surface area (Å²) < 4.78 is 21.6. The van der Waals surface area contributed by atoms with Crippen molar-refractivity contribution >= 4 is 33.9 Å². The monoisotopic (exact) mass is 464 g/mol. The molecule has 1 amide bonds. The second kappa shape index (κ2) is 9.59. The molecule has 1 atom stereocenters. The second-order valence-corrected chi connectivity index (χ2v) is 9.83. The number of carbonyl (C=O) groups excluding carboxylic acids is 1. The highest BCUT2D eigenvalue weighted by atomic mass is 32.2. The number of para-hydroxylation sites is 1. The minimum atomic E-state index is -1.54. The Bertz CT molecular complexity index is 1140. The molecule has 1 N–H and O–H groups in total. The molecule has 1 saturated carbocycles. The first-order valence-electron chi connectivity index (χ1n) is 11.3. The summed E-state index contributed by atoms with van der Waals surface area (Å²) in [6.07, 6.45) is 4.39. The molecular weight excluding hydrogens is 436 g/mol. The first-order chi connectivity index (χ1) is 16.1. The number of ether oxygens (including phenoxy) is 1. The van der Waals surface area contributed by atoms with Gasteiger partial charge in [0.15, 0.2) is 0 Å². The van der Waals surface area contributed by atoms with Crippen molar-refractivity contribution < 1.29 is 14.1 Å². The van der Waals surface area contributed by atoms with Gasteiger partial charge in [-0.2, -0.15) is 4.72 Å². The number of methoxy groups -OCH3 is 1. The fraction of sp³-hybridized carbons (Fsp3) is 0.360. The molecule has 172 valence electrons. The molecule has 2 aromatic carbocycles. The number of fused-ring (bicyclic) bond motifs is 1. The van der Waals surface area contributed by atoms with Crippen LogP contribution >= 0.6 is 0 Å². The van der Waals surface area contributed by atoms with Crippen LogP contribution in [0.5, 0.6) is 5.75 Å². The average Bonchev–Trinajstić information content (AvgIpc) is 3.68. The molecule has 1 aliphatic carbocycles. The van der Waals surface area contributed by atoms with Crippen LogP contribution in [0, 0.1) is 5.92 Å². The fourth-order valence-electron chi connectivity index (χ4n) is 4.27. The molecule has 3 aromatic rings. The number of nitrogens with zero attached hydrogens (tertiary/aromatic N) is 3. The number of piperazine rings is 1. The maximum absolute atomic E-state index is 13.1. The lowest BCUT2D eigenvalue weighted by atomic mass is 10.1. The van der Waals surface area contributed by atoms with Crippen LogP contribution in [-0.4, -0.2) is 65.1 Å². The minimum Gasteiger partial charge on any atom is -0.588 e. The van der Waals surface area contributed by atoms with E-state index < -0.39 is 11.4 Å². The van der Waals surface area contributed by atoms with E-state index >= 15 is 0 Å². The van der Waals surface area contributed by atoms with E-state index in [9.17, 15) is 9.35 Å². The first kappa shape index (κ1) is 22.0. The molecule has 1 unspecified atom stereocenters. The smallest absolute Gasteiger partial charge is 0.254 e. The maximum atomic E-state index is 13.1. The molecule has 5 rings (SSSR count). The molecule has 1 aliphatic heterocycles. The Morgan fingerprint density at radius 1 is 1.15 bits per heavy atom. The van der Waals surface area contributed by atoms with Crippen molar-refractivity contribution in [2.24, 2.45) is 5.92 Å². The van der Waals surface area contributed by atoms with Crippen LogP contribution in [-0.2, 0) is 11.4 Å². The Balaban J connectivity index is 1.28. The van der Waals surface area contributed by atoms with E-state index in [1.54, 1.807) is 37.6 Å². The highest BCUT2D eigenvalue weighted by Gasteiger charge is 2.28. The van der Waals surface area contributed by atoms with Crippen LogP contribution in [0.4, 0.5) is 5.69 Å². The molecular formula is C25H28N4O3S. The van der Waals surface area contributed by atoms with Crippen molar-refractivity contribution in [3.63, 3.8) is 0 Å². The quantitative estimate of drug-likeness (QED) is 0.539. The summed E-state index contributed by atoms with van der Waals surface area (Å²) in [4.78, 5) is 22.4. The SMILES string of the molecule is COc1cc(C(=O)N2CCN(CC3CC3)CC2)ccc1N[S+]([O-])c1cccc2cccnc12. The third-order valence-electron chi connectivity index (χ3n) is 6.32. The Kier molecular flexibility index (Phi) is 6.39. The normalized spacial score (nSPS) is 17.7. The molecule has 0 bridgehead atoms. The van der Waals surface area contributed by atoms with Gasteiger partial charge in [-0.15, -0.1) is 0 Å². The predicted molar refractivity (Wildman–Crippen MR) is 130 cm³/mol. The molecule has 0 radical (unpaired) electrons. The van der Waals surface area contributed by atoms with E-state index in [2.05, 4.69) is 14.6 Å². The average molecular weight is 465 g/mol. The third-order valence-corrected chi connectivity index (χ3v) is 7.45. The first-order valence-corrected chi connectivity index (χ1v) is 12.5. The van der Waals surface area contributed by atoms with E-state index in [4.69, 9.17) is 4.74 Å². The predicted octanol–water partition coefficient (Wildman–Crippen LogP) is 3.55. The summed E-state index contributed by atoms with van der Waals surface area (Å²) >= 11 is -1.54. The van der Waals surface area contributed by atoms with E-state index in [1.165, 1.54) is 19.4 Å². The van der Waals surface area contributed by atoms with E-state index in [1.807, 2.05) is 29.2 Å². The van der Waals surface area contributed by atoms with Crippen molar-refractivity contribution in [3.05, 3.63) is 60.3 Å². The Morgan fingerprint density at radius 2 is 1.94 bits per heavy atom. The zero-order valence-corrected chi connectivity index (χ0v) is 19.5. The van der Waals surface area contributed by atoms with Crippen molar-refractivity contribution in [2.45, 2.75) is 17.7 Å². The summed E-state index contributed by atoms with van der Waals surface area (Å²) in [6, 6.07) is 14.6. The lowest BCUT2D eigenvalue weighted by molar-refractivity contribution is 0.0631. The number of amides is 1. The summed E-state index contributed by atoms with van der Waals surface area (Å²) in [7, 11) is 1.55. The molecule has 2 aliphatic rings. The molecule has 7 nitrogen and oxygen atoms in total. The van der Waals surface area contributed by atoms with Gasteiger partial charge in [-0.25, -0.2) is 0 Å². The number of aromatic nitrogens is 1. The number of hydrogen-bond acceptors (Lipinski definition) is 6. The number of hydrogen-bond donors (Lipinski definition) is 1. The second-order valence-electron chi connectivity index (χ2n) is 8.65. The molecule has 2 heterocycles. The Hall–Kier alpha value is -2.81. The van der Waals surface area contributed by atoms with Gasteiger partial charge in [-0.05, 0) is 49.1 Å². The highest BCUT2D eigenvalue weighted by molar-refractivity contribution is 7.93. The van der Waals surface area contributed by atoms with Crippen LogP contribution < -0.4 is 9.46 Å². The van der Waals surface area contributed by atoms with Crippen LogP contribution in [0.15, 0.2) is 59.6 Å². The fourth-order valence-corrected chi connectivity index (χ4v) is 5.30.